The molecule has 1 rings (SSSR count). The zero-order valence-corrected chi connectivity index (χ0v) is 10.4. The van der Waals surface area contributed by atoms with Gasteiger partial charge >= 0.3 is 11.9 Å². The SMILES string of the molecule is CCOC(=O)C(=O)NCC(=O)c1ccc(C)cc1. The van der Waals surface area contributed by atoms with Crippen LogP contribution in [0.25, 0.3) is 0 Å². The van der Waals surface area contributed by atoms with Gasteiger partial charge < -0.3 is 10.1 Å². The highest BCUT2D eigenvalue weighted by Crippen LogP contribution is 2.03. The van der Waals surface area contributed by atoms with Crippen LogP contribution in [-0.4, -0.2) is 30.8 Å². The Kier molecular flexibility index (Phi) is 5.05. The summed E-state index contributed by atoms with van der Waals surface area (Å²) >= 11 is 0. The van der Waals surface area contributed by atoms with Crippen molar-refractivity contribution in [1.82, 2.24) is 5.32 Å². The minimum atomic E-state index is -0.978. The zero-order valence-electron chi connectivity index (χ0n) is 10.4. The van der Waals surface area contributed by atoms with Crippen molar-refractivity contribution >= 4 is 17.7 Å². The topological polar surface area (TPSA) is 72.5 Å². The second kappa shape index (κ2) is 6.54. The van der Waals surface area contributed by atoms with Gasteiger partial charge in [0.15, 0.2) is 5.78 Å². The van der Waals surface area contributed by atoms with Crippen molar-refractivity contribution in [2.45, 2.75) is 13.8 Å². The lowest BCUT2D eigenvalue weighted by atomic mass is 10.1. The number of nitrogens with one attached hydrogen (secondary N) is 1. The first kappa shape index (κ1) is 13.9. The standard InChI is InChI=1S/C13H15NO4/c1-3-18-13(17)12(16)14-8-11(15)10-6-4-9(2)5-7-10/h4-7H,3,8H2,1-2H3,(H,14,16). The molecule has 96 valence electrons. The summed E-state index contributed by atoms with van der Waals surface area (Å²) in [7, 11) is 0. The third-order valence-corrected chi connectivity index (χ3v) is 2.24. The lowest BCUT2D eigenvalue weighted by Crippen LogP contribution is -2.36. The summed E-state index contributed by atoms with van der Waals surface area (Å²) in [5.74, 6) is -2.14. The molecule has 0 radical (unpaired) electrons. The molecular formula is C13H15NO4. The van der Waals surface area contributed by atoms with Crippen LogP contribution in [0.3, 0.4) is 0 Å². The molecule has 0 aliphatic heterocycles. The fourth-order valence-corrected chi connectivity index (χ4v) is 1.27. The van der Waals surface area contributed by atoms with Gasteiger partial charge in [-0.3, -0.25) is 9.59 Å². The van der Waals surface area contributed by atoms with Crippen molar-refractivity contribution in [3.8, 4) is 0 Å². The van der Waals surface area contributed by atoms with E-state index < -0.39 is 11.9 Å². The molecule has 0 atom stereocenters. The number of carbonyl (C=O) groups is 3. The molecule has 0 aromatic heterocycles. The lowest BCUT2D eigenvalue weighted by molar-refractivity contribution is -0.154. The molecule has 0 aliphatic carbocycles. The van der Waals surface area contributed by atoms with Crippen molar-refractivity contribution < 1.29 is 19.1 Å². The summed E-state index contributed by atoms with van der Waals surface area (Å²) in [6.07, 6.45) is 0. The van der Waals surface area contributed by atoms with E-state index in [1.807, 2.05) is 6.92 Å². The van der Waals surface area contributed by atoms with Gasteiger partial charge in [-0.1, -0.05) is 29.8 Å². The second-order valence-corrected chi connectivity index (χ2v) is 3.69. The average molecular weight is 249 g/mol. The van der Waals surface area contributed by atoms with Gasteiger partial charge in [0.05, 0.1) is 13.2 Å². The fourth-order valence-electron chi connectivity index (χ4n) is 1.27. The van der Waals surface area contributed by atoms with E-state index in [1.165, 1.54) is 0 Å². The van der Waals surface area contributed by atoms with Crippen LogP contribution in [-0.2, 0) is 14.3 Å². The van der Waals surface area contributed by atoms with Gasteiger partial charge in [-0.2, -0.15) is 0 Å². The van der Waals surface area contributed by atoms with Gasteiger partial charge in [0, 0.05) is 5.56 Å². The number of hydrogen-bond acceptors (Lipinski definition) is 4. The molecular weight excluding hydrogens is 234 g/mol. The van der Waals surface area contributed by atoms with E-state index in [4.69, 9.17) is 0 Å². The summed E-state index contributed by atoms with van der Waals surface area (Å²) in [6.45, 7) is 3.41. The molecule has 0 aliphatic rings. The number of rotatable bonds is 4. The number of benzene rings is 1. The van der Waals surface area contributed by atoms with Crippen LogP contribution in [0.4, 0.5) is 0 Å². The highest BCUT2D eigenvalue weighted by Gasteiger charge is 2.15. The van der Waals surface area contributed by atoms with Crippen LogP contribution < -0.4 is 5.32 Å². The average Bonchev–Trinajstić information content (AvgIpc) is 2.36. The summed E-state index contributed by atoms with van der Waals surface area (Å²) in [6, 6.07) is 6.96. The third kappa shape index (κ3) is 4.01. The Balaban J connectivity index is 2.49. The Morgan fingerprint density at radius 2 is 1.78 bits per heavy atom. The summed E-state index contributed by atoms with van der Waals surface area (Å²) in [5, 5.41) is 2.22. The molecule has 0 saturated carbocycles. The summed E-state index contributed by atoms with van der Waals surface area (Å²) in [4.78, 5) is 33.9. The van der Waals surface area contributed by atoms with E-state index in [2.05, 4.69) is 10.1 Å². The number of Topliss-reactive ketones (excluding diaryl/α,β-unsaturated/α-hetero) is 1. The van der Waals surface area contributed by atoms with Crippen LogP contribution in [0.2, 0.25) is 0 Å². The Morgan fingerprint density at radius 1 is 1.17 bits per heavy atom. The molecule has 1 aromatic carbocycles. The van der Waals surface area contributed by atoms with Crippen LogP contribution in [0.5, 0.6) is 0 Å². The van der Waals surface area contributed by atoms with Crippen LogP contribution in [0, 0.1) is 6.92 Å². The van der Waals surface area contributed by atoms with Gasteiger partial charge in [0.1, 0.15) is 0 Å². The molecule has 5 heteroatoms. The third-order valence-electron chi connectivity index (χ3n) is 2.24. The fraction of sp³-hybridized carbons (Fsp3) is 0.308. The molecule has 0 bridgehead atoms. The van der Waals surface area contributed by atoms with Crippen molar-refractivity contribution in [3.05, 3.63) is 35.4 Å². The second-order valence-electron chi connectivity index (χ2n) is 3.69. The highest BCUT2D eigenvalue weighted by atomic mass is 16.5. The van der Waals surface area contributed by atoms with E-state index in [0.29, 0.717) is 5.56 Å². The van der Waals surface area contributed by atoms with Gasteiger partial charge in [-0.05, 0) is 13.8 Å². The predicted molar refractivity (Wildman–Crippen MR) is 65.2 cm³/mol. The van der Waals surface area contributed by atoms with Crippen LogP contribution in [0.15, 0.2) is 24.3 Å². The van der Waals surface area contributed by atoms with Crippen molar-refractivity contribution in [1.29, 1.82) is 0 Å². The van der Waals surface area contributed by atoms with Crippen molar-refractivity contribution in [3.63, 3.8) is 0 Å². The first-order valence-corrected chi connectivity index (χ1v) is 5.59. The van der Waals surface area contributed by atoms with E-state index in [-0.39, 0.29) is 18.9 Å². The van der Waals surface area contributed by atoms with Gasteiger partial charge in [0.2, 0.25) is 0 Å². The van der Waals surface area contributed by atoms with E-state index in [1.54, 1.807) is 31.2 Å². The molecule has 1 N–H and O–H groups in total. The minimum absolute atomic E-state index is 0.123. The highest BCUT2D eigenvalue weighted by molar-refractivity contribution is 6.32. The number of ether oxygens (including phenoxy) is 1. The quantitative estimate of drug-likeness (QED) is 0.488. The first-order valence-electron chi connectivity index (χ1n) is 5.59. The molecule has 0 saturated heterocycles. The molecule has 0 fully saturated rings. The van der Waals surface area contributed by atoms with E-state index in [0.717, 1.165) is 5.56 Å². The molecule has 18 heavy (non-hydrogen) atoms. The van der Waals surface area contributed by atoms with Gasteiger partial charge in [-0.15, -0.1) is 0 Å². The molecule has 1 amide bonds. The maximum atomic E-state index is 11.7. The first-order chi connectivity index (χ1) is 8.54. The van der Waals surface area contributed by atoms with E-state index >= 15 is 0 Å². The smallest absolute Gasteiger partial charge is 0.396 e. The minimum Gasteiger partial charge on any atom is -0.459 e. The van der Waals surface area contributed by atoms with Gasteiger partial charge in [0.25, 0.3) is 0 Å². The maximum Gasteiger partial charge on any atom is 0.396 e. The predicted octanol–water partition coefficient (Wildman–Crippen LogP) is 0.857. The normalized spacial score (nSPS) is 9.67. The molecule has 1 aromatic rings. The Morgan fingerprint density at radius 3 is 2.33 bits per heavy atom. The maximum absolute atomic E-state index is 11.7. The Bertz CT molecular complexity index is 451. The van der Waals surface area contributed by atoms with Crippen molar-refractivity contribution in [2.75, 3.05) is 13.2 Å². The molecule has 0 unspecified atom stereocenters. The molecule has 5 nitrogen and oxygen atoms in total. The number of aryl methyl sites for hydroxylation is 1. The molecule has 0 heterocycles. The van der Waals surface area contributed by atoms with E-state index in [9.17, 15) is 14.4 Å². The number of ketones is 1. The van der Waals surface area contributed by atoms with Gasteiger partial charge in [-0.25, -0.2) is 4.79 Å². The summed E-state index contributed by atoms with van der Waals surface area (Å²) in [5.41, 5.74) is 1.53. The van der Waals surface area contributed by atoms with Crippen molar-refractivity contribution in [2.24, 2.45) is 0 Å². The zero-order chi connectivity index (χ0) is 13.5. The largest absolute Gasteiger partial charge is 0.459 e. The molecule has 0 spiro atoms. The Hall–Kier alpha value is -2.17. The number of hydrogen-bond donors (Lipinski definition) is 1. The van der Waals surface area contributed by atoms with Crippen LogP contribution >= 0.6 is 0 Å². The number of esters is 1. The monoisotopic (exact) mass is 249 g/mol. The lowest BCUT2D eigenvalue weighted by Gasteiger charge is -2.04. The summed E-state index contributed by atoms with van der Waals surface area (Å²) < 4.78 is 4.50. The van der Waals surface area contributed by atoms with Crippen LogP contribution in [0.1, 0.15) is 22.8 Å². The number of amides is 1. The number of carbonyl (C=O) groups excluding carboxylic acids is 3. The Labute approximate surface area is 105 Å².